The lowest BCUT2D eigenvalue weighted by atomic mass is 10.2. The van der Waals surface area contributed by atoms with Crippen LogP contribution in [-0.4, -0.2) is 38.7 Å². The quantitative estimate of drug-likeness (QED) is 0.449. The highest BCUT2D eigenvalue weighted by atomic mass is 79.9. The number of nitrogens with one attached hydrogen (secondary N) is 1. The van der Waals surface area contributed by atoms with Gasteiger partial charge in [0.1, 0.15) is 0 Å². The molecule has 1 aromatic heterocycles. The van der Waals surface area contributed by atoms with Gasteiger partial charge in [-0.2, -0.15) is 0 Å². The van der Waals surface area contributed by atoms with Crippen LogP contribution in [0.15, 0.2) is 27.8 Å². The molecule has 0 bridgehead atoms. The van der Waals surface area contributed by atoms with Gasteiger partial charge in [-0.3, -0.25) is 10.1 Å². The summed E-state index contributed by atoms with van der Waals surface area (Å²) in [4.78, 5) is 10.5. The lowest BCUT2D eigenvalue weighted by Gasteiger charge is -2.05. The predicted molar refractivity (Wildman–Crippen MR) is 82.1 cm³/mol. The third-order valence-corrected chi connectivity index (χ3v) is 4.61. The largest absolute Gasteiger partial charge is 0.318 e. The number of aromatic nitrogens is 4. The fraction of sp³-hybridized carbons (Fsp3) is 0.364. The summed E-state index contributed by atoms with van der Waals surface area (Å²) in [6, 6.07) is 4.98. The molecule has 0 aliphatic heterocycles. The van der Waals surface area contributed by atoms with E-state index in [1.165, 1.54) is 17.8 Å². The van der Waals surface area contributed by atoms with Gasteiger partial charge < -0.3 is 5.32 Å². The van der Waals surface area contributed by atoms with Gasteiger partial charge in [-0.15, -0.1) is 5.10 Å². The van der Waals surface area contributed by atoms with E-state index < -0.39 is 4.92 Å². The first-order valence-electron chi connectivity index (χ1n) is 6.09. The highest BCUT2D eigenvalue weighted by Crippen LogP contribution is 2.32. The van der Waals surface area contributed by atoms with E-state index in [0.29, 0.717) is 21.9 Å². The van der Waals surface area contributed by atoms with Crippen molar-refractivity contribution >= 4 is 33.4 Å². The number of halogens is 1. The molecule has 2 aromatic rings. The molecule has 0 saturated heterocycles. The first-order chi connectivity index (χ1) is 10.1. The molecule has 10 heteroatoms. The van der Waals surface area contributed by atoms with E-state index in [4.69, 9.17) is 0 Å². The van der Waals surface area contributed by atoms with Crippen molar-refractivity contribution in [2.45, 2.75) is 17.5 Å². The third-order valence-electron chi connectivity index (χ3n) is 2.68. The van der Waals surface area contributed by atoms with E-state index in [2.05, 4.69) is 36.8 Å². The summed E-state index contributed by atoms with van der Waals surface area (Å²) in [6.45, 7) is 1.43. The number of hydrogen-bond acceptors (Lipinski definition) is 7. The van der Waals surface area contributed by atoms with Gasteiger partial charge in [-0.25, -0.2) is 4.68 Å². The Kier molecular flexibility index (Phi) is 5.65. The number of thioether (sulfide) groups is 1. The molecule has 21 heavy (non-hydrogen) atoms. The Hall–Kier alpha value is -1.52. The molecule has 112 valence electrons. The van der Waals surface area contributed by atoms with Crippen LogP contribution < -0.4 is 5.32 Å². The van der Waals surface area contributed by atoms with Gasteiger partial charge in [0.15, 0.2) is 0 Å². The van der Waals surface area contributed by atoms with Crippen LogP contribution >= 0.6 is 27.7 Å². The van der Waals surface area contributed by atoms with E-state index in [1.54, 1.807) is 10.7 Å². The number of nitro benzene ring substituents is 1. The highest BCUT2D eigenvalue weighted by molar-refractivity contribution is 9.10. The Labute approximate surface area is 133 Å². The second-order valence-corrected chi connectivity index (χ2v) is 5.82. The minimum Gasteiger partial charge on any atom is -0.318 e. The smallest absolute Gasteiger partial charge is 0.283 e. The van der Waals surface area contributed by atoms with Crippen molar-refractivity contribution in [3.05, 3.63) is 38.3 Å². The number of hydrogen-bond donors (Lipinski definition) is 1. The summed E-state index contributed by atoms with van der Waals surface area (Å²) >= 11 is 4.72. The maximum absolute atomic E-state index is 10.9. The maximum atomic E-state index is 10.9. The summed E-state index contributed by atoms with van der Waals surface area (Å²) in [7, 11) is 1.86. The predicted octanol–water partition coefficient (Wildman–Crippen LogP) is 1.86. The molecule has 0 atom stereocenters. The molecule has 0 amide bonds. The molecular formula is C11H13BrN6O2S. The Morgan fingerprint density at radius 1 is 1.52 bits per heavy atom. The Balaban J connectivity index is 2.08. The van der Waals surface area contributed by atoms with Crippen molar-refractivity contribution in [3.8, 4) is 0 Å². The molecule has 0 radical (unpaired) electrons. The second-order valence-electron chi connectivity index (χ2n) is 4.08. The van der Waals surface area contributed by atoms with Crippen LogP contribution in [0.2, 0.25) is 0 Å². The van der Waals surface area contributed by atoms with Crippen LogP contribution in [0, 0.1) is 10.1 Å². The molecule has 0 spiro atoms. The molecule has 0 saturated carbocycles. The van der Waals surface area contributed by atoms with Crippen LogP contribution in [-0.2, 0) is 12.3 Å². The number of likely N-dealkylation sites (N-methyl/N-ethyl adjacent to an activating group) is 1. The molecule has 1 aromatic carbocycles. The summed E-state index contributed by atoms with van der Waals surface area (Å²) in [5.41, 5.74) is 0.889. The topological polar surface area (TPSA) is 98.8 Å². The van der Waals surface area contributed by atoms with Crippen molar-refractivity contribution in [3.63, 3.8) is 0 Å². The lowest BCUT2D eigenvalue weighted by Crippen LogP contribution is -2.16. The highest BCUT2D eigenvalue weighted by Gasteiger charge is 2.16. The zero-order valence-corrected chi connectivity index (χ0v) is 13.6. The SMILES string of the molecule is CNCCn1nnnc1SCc1cccc([N+](=O)[O-])c1Br. The normalized spacial score (nSPS) is 10.8. The van der Waals surface area contributed by atoms with Crippen LogP contribution in [0.25, 0.3) is 0 Å². The number of rotatable bonds is 7. The summed E-state index contributed by atoms with van der Waals surface area (Å²) in [6.07, 6.45) is 0. The molecule has 0 aliphatic rings. The summed E-state index contributed by atoms with van der Waals surface area (Å²) in [5, 5.41) is 26.1. The Morgan fingerprint density at radius 3 is 3.05 bits per heavy atom. The van der Waals surface area contributed by atoms with E-state index in [1.807, 2.05) is 13.1 Å². The maximum Gasteiger partial charge on any atom is 0.283 e. The van der Waals surface area contributed by atoms with Gasteiger partial charge in [-0.05, 0) is 39.0 Å². The summed E-state index contributed by atoms with van der Waals surface area (Å²) < 4.78 is 2.20. The number of nitrogens with zero attached hydrogens (tertiary/aromatic N) is 5. The van der Waals surface area contributed by atoms with Crippen LogP contribution in [0.5, 0.6) is 0 Å². The second kappa shape index (κ2) is 7.48. The fourth-order valence-electron chi connectivity index (χ4n) is 1.62. The van der Waals surface area contributed by atoms with Gasteiger partial charge in [0.05, 0.1) is 15.9 Å². The van der Waals surface area contributed by atoms with Crippen molar-refractivity contribution in [2.75, 3.05) is 13.6 Å². The third kappa shape index (κ3) is 3.99. The Morgan fingerprint density at radius 2 is 2.33 bits per heavy atom. The minimum atomic E-state index is -0.408. The number of tetrazole rings is 1. The number of benzene rings is 1. The lowest BCUT2D eigenvalue weighted by molar-refractivity contribution is -0.385. The average Bonchev–Trinajstić information content (AvgIpc) is 2.91. The van der Waals surface area contributed by atoms with Crippen molar-refractivity contribution < 1.29 is 4.92 Å². The molecule has 1 heterocycles. The monoisotopic (exact) mass is 372 g/mol. The zero-order chi connectivity index (χ0) is 15.2. The molecule has 0 fully saturated rings. The Bertz CT molecular complexity index is 635. The average molecular weight is 373 g/mol. The van der Waals surface area contributed by atoms with Gasteiger partial charge in [0, 0.05) is 18.4 Å². The van der Waals surface area contributed by atoms with Crippen molar-refractivity contribution in [1.29, 1.82) is 0 Å². The molecular weight excluding hydrogens is 360 g/mol. The van der Waals surface area contributed by atoms with Crippen molar-refractivity contribution in [2.24, 2.45) is 0 Å². The first kappa shape index (κ1) is 15.9. The van der Waals surface area contributed by atoms with E-state index in [0.717, 1.165) is 12.1 Å². The summed E-state index contributed by atoms with van der Waals surface area (Å²) in [5.74, 6) is 0.544. The molecule has 0 unspecified atom stereocenters. The van der Waals surface area contributed by atoms with Gasteiger partial charge in [-0.1, -0.05) is 23.9 Å². The first-order valence-corrected chi connectivity index (χ1v) is 7.86. The number of nitro groups is 1. The van der Waals surface area contributed by atoms with Gasteiger partial charge in [0.25, 0.3) is 5.69 Å². The van der Waals surface area contributed by atoms with Crippen LogP contribution in [0.3, 0.4) is 0 Å². The van der Waals surface area contributed by atoms with Gasteiger partial charge in [0.2, 0.25) is 5.16 Å². The molecule has 0 aliphatic carbocycles. The van der Waals surface area contributed by atoms with Crippen molar-refractivity contribution in [1.82, 2.24) is 25.5 Å². The van der Waals surface area contributed by atoms with E-state index >= 15 is 0 Å². The standard InChI is InChI=1S/C11H13BrN6O2S/c1-13-5-6-17-11(14-15-16-17)21-7-8-3-2-4-9(10(8)12)18(19)20/h2-4,13H,5-7H2,1H3. The van der Waals surface area contributed by atoms with E-state index in [9.17, 15) is 10.1 Å². The zero-order valence-electron chi connectivity index (χ0n) is 11.2. The molecule has 1 N–H and O–H groups in total. The van der Waals surface area contributed by atoms with Gasteiger partial charge >= 0.3 is 0 Å². The van der Waals surface area contributed by atoms with Crippen LogP contribution in [0.1, 0.15) is 5.56 Å². The van der Waals surface area contributed by atoms with Crippen LogP contribution in [0.4, 0.5) is 5.69 Å². The fourth-order valence-corrected chi connectivity index (χ4v) is 3.25. The molecule has 8 nitrogen and oxygen atoms in total. The minimum absolute atomic E-state index is 0.0582. The van der Waals surface area contributed by atoms with E-state index in [-0.39, 0.29) is 5.69 Å². The molecule has 2 rings (SSSR count).